The fourth-order valence-corrected chi connectivity index (χ4v) is 2.44. The first kappa shape index (κ1) is 23.5. The zero-order chi connectivity index (χ0) is 23.0. The number of hydrogen-bond donors (Lipinski definition) is 1. The van der Waals surface area contributed by atoms with Gasteiger partial charge in [0.2, 0.25) is 0 Å². The Morgan fingerprint density at radius 3 is 2.61 bits per heavy atom. The van der Waals surface area contributed by atoms with Crippen LogP contribution in [-0.4, -0.2) is 37.1 Å². The summed E-state index contributed by atoms with van der Waals surface area (Å²) in [6.07, 6.45) is 2.30. The largest absolute Gasteiger partial charge is 0.493 e. The van der Waals surface area contributed by atoms with Crippen molar-refractivity contribution in [3.8, 4) is 11.5 Å². The van der Waals surface area contributed by atoms with Crippen molar-refractivity contribution in [2.24, 2.45) is 0 Å². The molecule has 0 fully saturated rings. The van der Waals surface area contributed by atoms with Crippen LogP contribution in [0.4, 0.5) is 20.2 Å². The Hall–Kier alpha value is -3.73. The number of carbonyl (C=O) groups is 2. The van der Waals surface area contributed by atoms with Crippen molar-refractivity contribution in [2.75, 3.05) is 19.0 Å². The van der Waals surface area contributed by atoms with Crippen molar-refractivity contribution in [1.29, 1.82) is 0 Å². The lowest BCUT2D eigenvalue weighted by Crippen LogP contribution is -2.20. The highest BCUT2D eigenvalue weighted by Crippen LogP contribution is 2.30. The van der Waals surface area contributed by atoms with Crippen LogP contribution in [0.1, 0.15) is 5.56 Å². The summed E-state index contributed by atoms with van der Waals surface area (Å²) < 4.78 is 38.7. The Labute approximate surface area is 179 Å². The van der Waals surface area contributed by atoms with E-state index in [1.54, 1.807) is 0 Å². The predicted molar refractivity (Wildman–Crippen MR) is 106 cm³/mol. The summed E-state index contributed by atoms with van der Waals surface area (Å²) in [6, 6.07) is 7.66. The van der Waals surface area contributed by atoms with Crippen LogP contribution in [0.25, 0.3) is 6.08 Å². The van der Waals surface area contributed by atoms with Gasteiger partial charge in [0.1, 0.15) is 5.69 Å². The first-order valence-corrected chi connectivity index (χ1v) is 8.79. The minimum atomic E-state index is -3.02. The molecule has 0 aromatic heterocycles. The third-order valence-electron chi connectivity index (χ3n) is 3.59. The van der Waals surface area contributed by atoms with Gasteiger partial charge < -0.3 is 19.5 Å². The first-order chi connectivity index (χ1) is 14.7. The molecule has 0 saturated heterocycles. The van der Waals surface area contributed by atoms with E-state index >= 15 is 0 Å². The second-order valence-electron chi connectivity index (χ2n) is 5.70. The molecule has 0 unspecified atom stereocenters. The van der Waals surface area contributed by atoms with E-state index in [0.29, 0.717) is 5.56 Å². The second-order valence-corrected chi connectivity index (χ2v) is 6.13. The maximum Gasteiger partial charge on any atom is 0.387 e. The highest BCUT2D eigenvalue weighted by atomic mass is 35.5. The van der Waals surface area contributed by atoms with E-state index in [-0.39, 0.29) is 22.2 Å². The van der Waals surface area contributed by atoms with Gasteiger partial charge in [0.05, 0.1) is 12.0 Å². The number of alkyl halides is 2. The number of carbonyl (C=O) groups excluding carboxylic acids is 2. The van der Waals surface area contributed by atoms with E-state index in [1.165, 1.54) is 43.5 Å². The number of nitro benzene ring substituents is 1. The van der Waals surface area contributed by atoms with Crippen molar-refractivity contribution in [2.45, 2.75) is 6.61 Å². The number of methoxy groups -OCH3 is 1. The van der Waals surface area contributed by atoms with Crippen LogP contribution in [0, 0.1) is 10.1 Å². The number of nitro groups is 1. The van der Waals surface area contributed by atoms with Gasteiger partial charge in [-0.05, 0) is 35.9 Å². The summed E-state index contributed by atoms with van der Waals surface area (Å²) in [5, 5.41) is 13.4. The van der Waals surface area contributed by atoms with Gasteiger partial charge in [-0.2, -0.15) is 8.78 Å². The van der Waals surface area contributed by atoms with Gasteiger partial charge in [0, 0.05) is 17.2 Å². The van der Waals surface area contributed by atoms with E-state index in [4.69, 9.17) is 21.1 Å². The Balaban J connectivity index is 1.94. The first-order valence-electron chi connectivity index (χ1n) is 8.41. The number of benzene rings is 2. The molecule has 2 rings (SSSR count). The zero-order valence-corrected chi connectivity index (χ0v) is 16.6. The van der Waals surface area contributed by atoms with Crippen molar-refractivity contribution in [1.82, 2.24) is 0 Å². The van der Waals surface area contributed by atoms with E-state index in [1.807, 2.05) is 0 Å². The molecule has 0 aliphatic rings. The molecule has 2 aromatic rings. The number of nitrogens with zero attached hydrogens (tertiary/aromatic N) is 1. The van der Waals surface area contributed by atoms with E-state index < -0.39 is 35.7 Å². The molecule has 0 aliphatic heterocycles. The van der Waals surface area contributed by atoms with Crippen LogP contribution in [-0.2, 0) is 14.3 Å². The van der Waals surface area contributed by atoms with Crippen LogP contribution in [0.15, 0.2) is 42.5 Å². The molecule has 12 heteroatoms. The summed E-state index contributed by atoms with van der Waals surface area (Å²) in [5.41, 5.74) is -0.110. The molecule has 31 heavy (non-hydrogen) atoms. The molecule has 0 bridgehead atoms. The van der Waals surface area contributed by atoms with Gasteiger partial charge in [-0.25, -0.2) is 4.79 Å². The summed E-state index contributed by atoms with van der Waals surface area (Å²) in [6.45, 7) is -3.72. The van der Waals surface area contributed by atoms with Crippen LogP contribution in [0.2, 0.25) is 5.02 Å². The quantitative estimate of drug-likeness (QED) is 0.262. The van der Waals surface area contributed by atoms with Gasteiger partial charge >= 0.3 is 12.6 Å². The lowest BCUT2D eigenvalue weighted by atomic mass is 10.2. The molecule has 0 atom stereocenters. The third-order valence-corrected chi connectivity index (χ3v) is 3.83. The number of hydrogen-bond acceptors (Lipinski definition) is 7. The van der Waals surface area contributed by atoms with Crippen molar-refractivity contribution < 1.29 is 37.5 Å². The standard InChI is InChI=1S/C19H15ClF2N2O7/c1-29-16-8-11(2-6-15(16)31-19(21)22)3-7-18(26)30-10-17(25)23-13-5-4-12(20)9-14(13)24(27)28/h2-9,19H,10H2,1H3,(H,23,25). The van der Waals surface area contributed by atoms with E-state index in [0.717, 1.165) is 12.1 Å². The van der Waals surface area contributed by atoms with Gasteiger partial charge in [0.15, 0.2) is 18.1 Å². The number of ether oxygens (including phenoxy) is 3. The molecule has 0 aliphatic carbocycles. The van der Waals surface area contributed by atoms with Crippen molar-refractivity contribution in [3.63, 3.8) is 0 Å². The topological polar surface area (TPSA) is 117 Å². The molecule has 9 nitrogen and oxygen atoms in total. The second kappa shape index (κ2) is 10.9. The van der Waals surface area contributed by atoms with Crippen LogP contribution in [0.5, 0.6) is 11.5 Å². The highest BCUT2D eigenvalue weighted by molar-refractivity contribution is 6.31. The molecule has 1 amide bonds. The van der Waals surface area contributed by atoms with Crippen molar-refractivity contribution in [3.05, 3.63) is 63.2 Å². The SMILES string of the molecule is COc1cc(C=CC(=O)OCC(=O)Nc2ccc(Cl)cc2[N+](=O)[O-])ccc1OC(F)F. The monoisotopic (exact) mass is 456 g/mol. The highest BCUT2D eigenvalue weighted by Gasteiger charge is 2.17. The summed E-state index contributed by atoms with van der Waals surface area (Å²) >= 11 is 5.69. The molecular weight excluding hydrogens is 442 g/mol. The maximum absolute atomic E-state index is 12.3. The molecular formula is C19H15ClF2N2O7. The molecule has 164 valence electrons. The minimum absolute atomic E-state index is 0.0275. The Bertz CT molecular complexity index is 1010. The van der Waals surface area contributed by atoms with Gasteiger partial charge in [-0.15, -0.1) is 0 Å². The number of esters is 1. The summed E-state index contributed by atoms with van der Waals surface area (Å²) in [7, 11) is 1.26. The lowest BCUT2D eigenvalue weighted by Gasteiger charge is -2.10. The smallest absolute Gasteiger partial charge is 0.387 e. The number of nitrogens with one attached hydrogen (secondary N) is 1. The molecule has 0 spiro atoms. The molecule has 0 saturated carbocycles. The molecule has 0 radical (unpaired) electrons. The zero-order valence-electron chi connectivity index (χ0n) is 15.8. The molecule has 0 heterocycles. The van der Waals surface area contributed by atoms with Crippen molar-refractivity contribution >= 4 is 40.9 Å². The van der Waals surface area contributed by atoms with Gasteiger partial charge in [-0.3, -0.25) is 14.9 Å². The Kier molecular flexibility index (Phi) is 8.26. The van der Waals surface area contributed by atoms with Gasteiger partial charge in [0.25, 0.3) is 11.6 Å². The Morgan fingerprint density at radius 1 is 1.23 bits per heavy atom. The minimum Gasteiger partial charge on any atom is -0.493 e. The number of rotatable bonds is 9. The van der Waals surface area contributed by atoms with E-state index in [9.17, 15) is 28.5 Å². The van der Waals surface area contributed by atoms with Crippen LogP contribution in [0.3, 0.4) is 0 Å². The van der Waals surface area contributed by atoms with Crippen LogP contribution >= 0.6 is 11.6 Å². The molecule has 2 aromatic carbocycles. The van der Waals surface area contributed by atoms with Gasteiger partial charge in [-0.1, -0.05) is 17.7 Å². The molecule has 1 N–H and O–H groups in total. The number of anilines is 1. The normalized spacial score (nSPS) is 10.7. The van der Waals surface area contributed by atoms with E-state index in [2.05, 4.69) is 10.1 Å². The number of halogens is 3. The maximum atomic E-state index is 12.3. The summed E-state index contributed by atoms with van der Waals surface area (Å²) in [5.74, 6) is -1.83. The predicted octanol–water partition coefficient (Wildman–Crippen LogP) is 4.05. The fourth-order valence-electron chi connectivity index (χ4n) is 2.28. The number of amides is 1. The van der Waals surface area contributed by atoms with Crippen LogP contribution < -0.4 is 14.8 Å². The summed E-state index contributed by atoms with van der Waals surface area (Å²) in [4.78, 5) is 34.0. The average Bonchev–Trinajstić information content (AvgIpc) is 2.72. The fraction of sp³-hybridized carbons (Fsp3) is 0.158. The Morgan fingerprint density at radius 2 is 1.97 bits per heavy atom. The lowest BCUT2D eigenvalue weighted by molar-refractivity contribution is -0.383. The third kappa shape index (κ3) is 7.23. The average molecular weight is 457 g/mol.